The predicted molar refractivity (Wildman–Crippen MR) is 98.2 cm³/mol. The molecule has 2 aromatic carbocycles. The lowest BCUT2D eigenvalue weighted by molar-refractivity contribution is 0.0879. The number of carbonyl (C=O) groups excluding carboxylic acids is 2. The number of carbonyl (C=O) groups is 2. The normalized spacial score (nSPS) is 13.2. The van der Waals surface area contributed by atoms with E-state index in [0.29, 0.717) is 17.5 Å². The second-order valence-corrected chi connectivity index (χ2v) is 6.90. The summed E-state index contributed by atoms with van der Waals surface area (Å²) in [5.41, 5.74) is 4.39. The lowest BCUT2D eigenvalue weighted by Crippen LogP contribution is -2.20. The van der Waals surface area contributed by atoms with Crippen molar-refractivity contribution < 1.29 is 9.59 Å². The van der Waals surface area contributed by atoms with Crippen LogP contribution >= 0.6 is 11.3 Å². The van der Waals surface area contributed by atoms with Crippen LogP contribution in [0.3, 0.4) is 0 Å². The van der Waals surface area contributed by atoms with Crippen molar-refractivity contribution in [1.29, 1.82) is 0 Å². The fourth-order valence-electron chi connectivity index (χ4n) is 3.18. The van der Waals surface area contributed by atoms with Gasteiger partial charge in [-0.2, -0.15) is 0 Å². The number of para-hydroxylation sites is 2. The van der Waals surface area contributed by atoms with Gasteiger partial charge in [0.2, 0.25) is 0 Å². The molecule has 4 aromatic rings. The first-order valence-electron chi connectivity index (χ1n) is 8.06. The molecular formula is C19H12N4O2S. The molecule has 2 N–H and O–H groups in total. The largest absolute Gasteiger partial charge is 0.336 e. The highest BCUT2D eigenvalue weighted by molar-refractivity contribution is 7.13. The van der Waals surface area contributed by atoms with Crippen LogP contribution in [0, 0.1) is 0 Å². The number of fused-ring (bicyclic) bond motifs is 2. The van der Waals surface area contributed by atoms with Crippen molar-refractivity contribution in [1.82, 2.24) is 20.3 Å². The van der Waals surface area contributed by atoms with Crippen molar-refractivity contribution in [3.63, 3.8) is 0 Å². The van der Waals surface area contributed by atoms with Crippen LogP contribution in [0.2, 0.25) is 0 Å². The molecule has 6 nitrogen and oxygen atoms in total. The highest BCUT2D eigenvalue weighted by Gasteiger charge is 2.29. The predicted octanol–water partition coefficient (Wildman–Crippen LogP) is 3.16. The van der Waals surface area contributed by atoms with E-state index in [1.165, 1.54) is 11.3 Å². The van der Waals surface area contributed by atoms with E-state index in [2.05, 4.69) is 20.3 Å². The average Bonchev–Trinajstić information content (AvgIpc) is 3.33. The number of benzene rings is 2. The van der Waals surface area contributed by atoms with E-state index < -0.39 is 0 Å². The highest BCUT2D eigenvalue weighted by atomic mass is 32.1. The van der Waals surface area contributed by atoms with E-state index in [4.69, 9.17) is 0 Å². The van der Waals surface area contributed by atoms with Crippen LogP contribution in [-0.2, 0) is 6.42 Å². The molecule has 0 unspecified atom stereocenters. The van der Waals surface area contributed by atoms with Gasteiger partial charge in [-0.1, -0.05) is 24.3 Å². The van der Waals surface area contributed by atoms with Crippen molar-refractivity contribution in [2.75, 3.05) is 0 Å². The maximum atomic E-state index is 12.0. The standard InChI is InChI=1S/C19H12N4O2S/c24-17-12-5-3-4-10(15(12)18(25)23-17)8-11-9-26-19(20-11)16-21-13-6-1-2-7-14(13)22-16/h1-7,9H,8H2,(H,21,22)(H,23,24,25). The van der Waals surface area contributed by atoms with E-state index in [-0.39, 0.29) is 11.8 Å². The van der Waals surface area contributed by atoms with E-state index in [1.807, 2.05) is 35.7 Å². The molecule has 26 heavy (non-hydrogen) atoms. The van der Waals surface area contributed by atoms with Gasteiger partial charge in [-0.05, 0) is 23.8 Å². The topological polar surface area (TPSA) is 87.7 Å². The van der Waals surface area contributed by atoms with E-state index in [9.17, 15) is 9.59 Å². The molecule has 0 aliphatic carbocycles. The molecule has 126 valence electrons. The Hall–Kier alpha value is -3.32. The molecule has 0 fully saturated rings. The molecule has 0 spiro atoms. The minimum atomic E-state index is -0.340. The summed E-state index contributed by atoms with van der Waals surface area (Å²) in [6.45, 7) is 0. The number of aromatic nitrogens is 3. The third kappa shape index (κ3) is 2.33. The monoisotopic (exact) mass is 360 g/mol. The van der Waals surface area contributed by atoms with Crippen LogP contribution in [0.1, 0.15) is 32.0 Å². The number of nitrogens with zero attached hydrogens (tertiary/aromatic N) is 2. The van der Waals surface area contributed by atoms with Gasteiger partial charge in [0.05, 0.1) is 27.9 Å². The van der Waals surface area contributed by atoms with E-state index in [1.54, 1.807) is 12.1 Å². The molecule has 0 radical (unpaired) electrons. The van der Waals surface area contributed by atoms with Crippen LogP contribution in [0.5, 0.6) is 0 Å². The highest BCUT2D eigenvalue weighted by Crippen LogP contribution is 2.27. The number of H-pyrrole nitrogens is 1. The Morgan fingerprint density at radius 1 is 0.962 bits per heavy atom. The molecule has 1 aliphatic heterocycles. The Labute approximate surface area is 151 Å². The van der Waals surface area contributed by atoms with Crippen LogP contribution in [0.4, 0.5) is 0 Å². The zero-order chi connectivity index (χ0) is 17.7. The molecule has 0 atom stereocenters. The third-order valence-electron chi connectivity index (χ3n) is 4.36. The van der Waals surface area contributed by atoms with Gasteiger partial charge in [0.15, 0.2) is 10.8 Å². The number of thiazole rings is 1. The Morgan fingerprint density at radius 2 is 1.85 bits per heavy atom. The molecule has 0 saturated carbocycles. The minimum Gasteiger partial charge on any atom is -0.336 e. The van der Waals surface area contributed by atoms with Gasteiger partial charge in [0.25, 0.3) is 11.8 Å². The van der Waals surface area contributed by atoms with Gasteiger partial charge in [-0.15, -0.1) is 11.3 Å². The molecule has 7 heteroatoms. The number of hydrogen-bond acceptors (Lipinski definition) is 5. The summed E-state index contributed by atoms with van der Waals surface area (Å²) in [5, 5.41) is 5.09. The fourth-order valence-corrected chi connectivity index (χ4v) is 3.95. The molecule has 1 aliphatic rings. The Bertz CT molecular complexity index is 1160. The van der Waals surface area contributed by atoms with Crippen molar-refractivity contribution in [2.45, 2.75) is 6.42 Å². The summed E-state index contributed by atoms with van der Waals surface area (Å²) in [6.07, 6.45) is 0.487. The van der Waals surface area contributed by atoms with Gasteiger partial charge in [0.1, 0.15) is 0 Å². The maximum absolute atomic E-state index is 12.0. The first kappa shape index (κ1) is 15.0. The van der Waals surface area contributed by atoms with Crippen LogP contribution < -0.4 is 5.32 Å². The van der Waals surface area contributed by atoms with Crippen LogP contribution in [0.25, 0.3) is 21.9 Å². The molecule has 2 aromatic heterocycles. The molecular weight excluding hydrogens is 348 g/mol. The van der Waals surface area contributed by atoms with Crippen molar-refractivity contribution in [2.24, 2.45) is 0 Å². The summed E-state index contributed by atoms with van der Waals surface area (Å²) in [6, 6.07) is 13.1. The number of hydrogen-bond donors (Lipinski definition) is 2. The summed E-state index contributed by atoms with van der Waals surface area (Å²) in [4.78, 5) is 36.3. The third-order valence-corrected chi connectivity index (χ3v) is 5.26. The first-order chi connectivity index (χ1) is 12.7. The van der Waals surface area contributed by atoms with Crippen LogP contribution in [0.15, 0.2) is 47.8 Å². The van der Waals surface area contributed by atoms with Crippen molar-refractivity contribution >= 4 is 34.2 Å². The lowest BCUT2D eigenvalue weighted by Gasteiger charge is -2.03. The van der Waals surface area contributed by atoms with Gasteiger partial charge in [-0.3, -0.25) is 14.9 Å². The number of nitrogens with one attached hydrogen (secondary N) is 2. The number of imide groups is 1. The zero-order valence-electron chi connectivity index (χ0n) is 13.4. The summed E-state index contributed by atoms with van der Waals surface area (Å²) in [5.74, 6) is 0.0510. The SMILES string of the molecule is O=C1NC(=O)c2c(Cc3csc(-c4nc5ccccc5[nH]4)n3)cccc21. The number of amides is 2. The second-order valence-electron chi connectivity index (χ2n) is 6.05. The second kappa shape index (κ2) is 5.60. The summed E-state index contributed by atoms with van der Waals surface area (Å²) < 4.78 is 0. The zero-order valence-corrected chi connectivity index (χ0v) is 14.3. The number of rotatable bonds is 3. The summed E-state index contributed by atoms with van der Waals surface area (Å²) in [7, 11) is 0. The number of imidazole rings is 1. The number of aromatic amines is 1. The van der Waals surface area contributed by atoms with Crippen molar-refractivity contribution in [3.8, 4) is 10.8 Å². The quantitative estimate of drug-likeness (QED) is 0.549. The maximum Gasteiger partial charge on any atom is 0.259 e. The first-order valence-corrected chi connectivity index (χ1v) is 8.94. The Morgan fingerprint density at radius 3 is 2.73 bits per heavy atom. The van der Waals surface area contributed by atoms with Crippen LogP contribution in [-0.4, -0.2) is 26.8 Å². The molecule has 5 rings (SSSR count). The minimum absolute atomic E-state index is 0.340. The van der Waals surface area contributed by atoms with Gasteiger partial charge in [-0.25, -0.2) is 9.97 Å². The Kier molecular flexibility index (Phi) is 3.23. The Balaban J connectivity index is 1.49. The lowest BCUT2D eigenvalue weighted by atomic mass is 9.99. The molecule has 0 bridgehead atoms. The average molecular weight is 360 g/mol. The molecule has 0 saturated heterocycles. The van der Waals surface area contributed by atoms with Gasteiger partial charge < -0.3 is 4.98 Å². The van der Waals surface area contributed by atoms with E-state index in [0.717, 1.165) is 33.1 Å². The smallest absolute Gasteiger partial charge is 0.259 e. The van der Waals surface area contributed by atoms with Gasteiger partial charge in [0, 0.05) is 11.8 Å². The van der Waals surface area contributed by atoms with Gasteiger partial charge >= 0.3 is 0 Å². The van der Waals surface area contributed by atoms with E-state index >= 15 is 0 Å². The summed E-state index contributed by atoms with van der Waals surface area (Å²) >= 11 is 1.50. The van der Waals surface area contributed by atoms with Crippen molar-refractivity contribution in [3.05, 3.63) is 70.2 Å². The molecule has 2 amide bonds. The fraction of sp³-hybridized carbons (Fsp3) is 0.0526. The molecule has 3 heterocycles.